The monoisotopic (exact) mass is 414 g/mol. The number of hydrogen-bond donors (Lipinski definition) is 3. The second-order valence-corrected chi connectivity index (χ2v) is 7.44. The zero-order valence-corrected chi connectivity index (χ0v) is 16.4. The van der Waals surface area contributed by atoms with Crippen molar-refractivity contribution in [3.8, 4) is 0 Å². The summed E-state index contributed by atoms with van der Waals surface area (Å²) in [6, 6.07) is 14.5. The fourth-order valence-electron chi connectivity index (χ4n) is 2.41. The number of amides is 3. The average Bonchev–Trinajstić information content (AvgIpc) is 3.11. The van der Waals surface area contributed by atoms with Gasteiger partial charge in [-0.3, -0.25) is 20.2 Å². The van der Waals surface area contributed by atoms with Crippen molar-refractivity contribution in [3.63, 3.8) is 0 Å². The number of anilines is 1. The smallest absolute Gasteiger partial charge is 0.281 e. The number of urea groups is 1. The second-order valence-electron chi connectivity index (χ2n) is 5.77. The molecule has 0 saturated heterocycles. The number of aromatic amines is 1. The molecule has 0 aliphatic carbocycles. The van der Waals surface area contributed by atoms with Gasteiger partial charge < -0.3 is 0 Å². The number of aromatic nitrogens is 3. The van der Waals surface area contributed by atoms with E-state index in [0.29, 0.717) is 21.2 Å². The average molecular weight is 415 g/mol. The maximum atomic E-state index is 12.7. The van der Waals surface area contributed by atoms with E-state index in [0.717, 1.165) is 16.9 Å². The molecule has 0 radical (unpaired) electrons. The highest BCUT2D eigenvalue weighted by atomic mass is 32.1. The number of nitrogens with zero attached hydrogens (tertiary/aromatic N) is 3. The van der Waals surface area contributed by atoms with E-state index in [1.54, 1.807) is 18.3 Å². The summed E-state index contributed by atoms with van der Waals surface area (Å²) in [5, 5.41) is 10.6. The number of carbonyl (C=O) groups is 2. The van der Waals surface area contributed by atoms with E-state index in [-0.39, 0.29) is 18.9 Å². The van der Waals surface area contributed by atoms with Crippen molar-refractivity contribution in [2.75, 3.05) is 5.32 Å². The molecule has 0 saturated carbocycles. The highest BCUT2D eigenvalue weighted by Crippen LogP contribution is 2.11. The van der Waals surface area contributed by atoms with Crippen LogP contribution in [0.5, 0.6) is 0 Å². The minimum absolute atomic E-state index is 0.151. The number of pyridine rings is 1. The van der Waals surface area contributed by atoms with Crippen LogP contribution < -0.4 is 10.7 Å². The van der Waals surface area contributed by atoms with Gasteiger partial charge in [0.15, 0.2) is 3.95 Å². The van der Waals surface area contributed by atoms with E-state index in [9.17, 15) is 9.59 Å². The number of aryl methyl sites for hydroxylation is 1. The molecule has 0 atom stereocenters. The summed E-state index contributed by atoms with van der Waals surface area (Å²) in [5.41, 5.74) is 4.28. The molecule has 1 aromatic carbocycles. The molecule has 3 rings (SSSR count). The first-order valence-corrected chi connectivity index (χ1v) is 9.70. The van der Waals surface area contributed by atoms with Crippen molar-refractivity contribution >= 4 is 40.6 Å². The van der Waals surface area contributed by atoms with Crippen molar-refractivity contribution in [2.24, 2.45) is 0 Å². The number of benzene rings is 1. The third-order valence-corrected chi connectivity index (χ3v) is 4.72. The van der Waals surface area contributed by atoms with E-state index in [1.165, 1.54) is 5.01 Å². The Hall–Kier alpha value is -3.11. The summed E-state index contributed by atoms with van der Waals surface area (Å²) < 4.78 is 0.444. The molecule has 0 aliphatic heterocycles. The van der Waals surface area contributed by atoms with Gasteiger partial charge in [0.05, 0.1) is 12.2 Å². The summed E-state index contributed by atoms with van der Waals surface area (Å²) in [5.74, 6) is -0.223. The van der Waals surface area contributed by atoms with E-state index >= 15 is 0 Å². The molecule has 10 heteroatoms. The third-order valence-electron chi connectivity index (χ3n) is 3.71. The van der Waals surface area contributed by atoms with E-state index in [2.05, 4.69) is 25.9 Å². The van der Waals surface area contributed by atoms with Gasteiger partial charge in [0, 0.05) is 12.6 Å². The van der Waals surface area contributed by atoms with Crippen molar-refractivity contribution in [1.82, 2.24) is 25.6 Å². The molecule has 2 heterocycles. The van der Waals surface area contributed by atoms with Crippen LogP contribution in [-0.4, -0.2) is 32.1 Å². The van der Waals surface area contributed by atoms with Crippen LogP contribution in [0, 0.1) is 3.95 Å². The molecule has 0 fully saturated rings. The van der Waals surface area contributed by atoms with Crippen LogP contribution in [0.1, 0.15) is 17.7 Å². The molecule has 28 heavy (non-hydrogen) atoms. The van der Waals surface area contributed by atoms with Crippen molar-refractivity contribution in [1.29, 1.82) is 0 Å². The number of carbonyl (C=O) groups excluding carboxylic acids is 2. The first kappa shape index (κ1) is 19.6. The molecule has 3 aromatic rings. The summed E-state index contributed by atoms with van der Waals surface area (Å²) in [7, 11) is 0. The van der Waals surface area contributed by atoms with E-state index < -0.39 is 6.03 Å². The largest absolute Gasteiger partial charge is 0.339 e. The number of hydrogen-bond acceptors (Lipinski definition) is 6. The van der Waals surface area contributed by atoms with Crippen LogP contribution in [-0.2, 0) is 17.8 Å². The lowest BCUT2D eigenvalue weighted by Gasteiger charge is -2.23. The van der Waals surface area contributed by atoms with Crippen LogP contribution >= 0.6 is 23.6 Å². The maximum absolute atomic E-state index is 12.7. The molecule has 2 aromatic heterocycles. The van der Waals surface area contributed by atoms with Gasteiger partial charge in [-0.15, -0.1) is 5.10 Å². The molecular formula is C18H18N6O2S2. The fourth-order valence-corrected chi connectivity index (χ4v) is 3.19. The highest BCUT2D eigenvalue weighted by molar-refractivity contribution is 7.73. The first-order chi connectivity index (χ1) is 13.6. The lowest BCUT2D eigenvalue weighted by atomic mass is 10.1. The highest BCUT2D eigenvalue weighted by Gasteiger charge is 2.18. The van der Waals surface area contributed by atoms with Gasteiger partial charge >= 0.3 is 6.03 Å². The van der Waals surface area contributed by atoms with Gasteiger partial charge in [-0.25, -0.2) is 15.2 Å². The lowest BCUT2D eigenvalue weighted by Crippen LogP contribution is -2.47. The normalized spacial score (nSPS) is 10.3. The minimum atomic E-state index is -0.582. The molecule has 0 spiro atoms. The van der Waals surface area contributed by atoms with E-state index in [1.807, 2.05) is 36.4 Å². The molecular weight excluding hydrogens is 396 g/mol. The molecule has 0 aliphatic rings. The summed E-state index contributed by atoms with van der Waals surface area (Å²) in [4.78, 5) is 29.2. The van der Waals surface area contributed by atoms with Gasteiger partial charge in [0.2, 0.25) is 11.0 Å². The van der Waals surface area contributed by atoms with Crippen LogP contribution in [0.3, 0.4) is 0 Å². The van der Waals surface area contributed by atoms with Crippen LogP contribution in [0.25, 0.3) is 0 Å². The Labute approximate surface area is 170 Å². The fraction of sp³-hybridized carbons (Fsp3) is 0.167. The first-order valence-electron chi connectivity index (χ1n) is 8.47. The number of rotatable bonds is 6. The molecule has 144 valence electrons. The maximum Gasteiger partial charge on any atom is 0.339 e. The summed E-state index contributed by atoms with van der Waals surface area (Å²) >= 11 is 6.06. The van der Waals surface area contributed by atoms with Crippen molar-refractivity contribution < 1.29 is 9.59 Å². The molecule has 3 amide bonds. The Morgan fingerprint density at radius 1 is 1.14 bits per heavy atom. The number of hydrazine groups is 1. The quantitative estimate of drug-likeness (QED) is 0.424. The van der Waals surface area contributed by atoms with Gasteiger partial charge in [0.1, 0.15) is 0 Å². The standard InChI is InChI=1S/C18H18N6O2S2/c25-15(10-9-13-6-2-1-3-7-13)24(12-14-8-4-5-11-19-14)23-16(26)20-17-21-22-18(27)28-17/h1-8,11H,9-10,12H2,(H,22,27)(H2,20,21,23,26). The molecule has 3 N–H and O–H groups in total. The molecule has 8 nitrogen and oxygen atoms in total. The van der Waals surface area contributed by atoms with Crippen LogP contribution in [0.2, 0.25) is 0 Å². The van der Waals surface area contributed by atoms with Gasteiger partial charge in [0.25, 0.3) is 0 Å². The number of H-pyrrole nitrogens is 1. The Kier molecular flexibility index (Phi) is 6.82. The number of nitrogens with one attached hydrogen (secondary N) is 3. The van der Waals surface area contributed by atoms with Crippen LogP contribution in [0.15, 0.2) is 54.7 Å². The molecule has 0 bridgehead atoms. The third kappa shape index (κ3) is 5.96. The van der Waals surface area contributed by atoms with Gasteiger partial charge in [-0.2, -0.15) is 0 Å². The Balaban J connectivity index is 1.65. The zero-order chi connectivity index (χ0) is 19.8. The van der Waals surface area contributed by atoms with Gasteiger partial charge in [-0.1, -0.05) is 47.7 Å². The van der Waals surface area contributed by atoms with Crippen molar-refractivity contribution in [3.05, 3.63) is 69.9 Å². The Morgan fingerprint density at radius 3 is 2.61 bits per heavy atom. The van der Waals surface area contributed by atoms with Gasteiger partial charge in [-0.05, 0) is 36.3 Å². The topological polar surface area (TPSA) is 103 Å². The Bertz CT molecular complexity index is 974. The zero-order valence-electron chi connectivity index (χ0n) is 14.8. The summed E-state index contributed by atoms with van der Waals surface area (Å²) in [6.45, 7) is 0.151. The second kappa shape index (κ2) is 9.72. The lowest BCUT2D eigenvalue weighted by molar-refractivity contribution is -0.134. The minimum Gasteiger partial charge on any atom is -0.281 e. The summed E-state index contributed by atoms with van der Waals surface area (Å²) in [6.07, 6.45) is 2.46. The van der Waals surface area contributed by atoms with Crippen molar-refractivity contribution in [2.45, 2.75) is 19.4 Å². The molecule has 0 unspecified atom stereocenters. The Morgan fingerprint density at radius 2 is 1.93 bits per heavy atom. The predicted octanol–water partition coefficient (Wildman–Crippen LogP) is 3.29. The predicted molar refractivity (Wildman–Crippen MR) is 109 cm³/mol. The van der Waals surface area contributed by atoms with Crippen LogP contribution in [0.4, 0.5) is 9.93 Å². The SMILES string of the molecule is O=C(Nc1n[nH]c(=S)s1)NN(Cc1ccccn1)C(=O)CCc1ccccc1. The van der Waals surface area contributed by atoms with E-state index in [4.69, 9.17) is 12.2 Å².